The number of benzene rings is 1. The fraction of sp³-hybridized carbons (Fsp3) is 0.188. The number of aromatic nitrogens is 2. The van der Waals surface area contributed by atoms with E-state index in [2.05, 4.69) is 65.4 Å². The zero-order valence-electron chi connectivity index (χ0n) is 11.6. The first-order valence-corrected chi connectivity index (χ1v) is 7.52. The largest absolute Gasteiger partial charge is 0.378 e. The first-order chi connectivity index (χ1) is 9.74. The molecular formula is C16H17N3S. The van der Waals surface area contributed by atoms with Gasteiger partial charge in [-0.05, 0) is 44.2 Å². The molecule has 0 aliphatic carbocycles. The number of hydrogen-bond donors (Lipinski definition) is 1. The molecule has 1 unspecified atom stereocenters. The fourth-order valence-electron chi connectivity index (χ4n) is 2.30. The van der Waals surface area contributed by atoms with Crippen molar-refractivity contribution < 1.29 is 0 Å². The quantitative estimate of drug-likeness (QED) is 0.768. The smallest absolute Gasteiger partial charge is 0.0798 e. The molecule has 102 valence electrons. The Balaban J connectivity index is 1.81. The van der Waals surface area contributed by atoms with Crippen molar-refractivity contribution in [1.29, 1.82) is 0 Å². The molecular weight excluding hydrogens is 266 g/mol. The van der Waals surface area contributed by atoms with Gasteiger partial charge in [0.2, 0.25) is 0 Å². The second-order valence-electron chi connectivity index (χ2n) is 4.81. The van der Waals surface area contributed by atoms with Crippen LogP contribution in [0, 0.1) is 6.92 Å². The molecule has 0 amide bonds. The van der Waals surface area contributed by atoms with E-state index in [1.807, 2.05) is 17.6 Å². The van der Waals surface area contributed by atoms with Gasteiger partial charge in [-0.3, -0.25) is 0 Å². The van der Waals surface area contributed by atoms with Crippen LogP contribution in [0.15, 0.2) is 54.3 Å². The third-order valence-corrected chi connectivity index (χ3v) is 4.42. The number of nitrogens with zero attached hydrogens (tertiary/aromatic N) is 2. The van der Waals surface area contributed by atoms with Gasteiger partial charge in [0.1, 0.15) is 0 Å². The van der Waals surface area contributed by atoms with Gasteiger partial charge in [-0.15, -0.1) is 11.3 Å². The summed E-state index contributed by atoms with van der Waals surface area (Å²) in [5, 5.41) is 3.54. The highest BCUT2D eigenvalue weighted by atomic mass is 32.1. The van der Waals surface area contributed by atoms with Gasteiger partial charge in [0.05, 0.1) is 17.2 Å². The van der Waals surface area contributed by atoms with Crippen LogP contribution in [0.4, 0.5) is 5.69 Å². The van der Waals surface area contributed by atoms with Crippen molar-refractivity contribution in [1.82, 2.24) is 9.55 Å². The van der Waals surface area contributed by atoms with Crippen LogP contribution < -0.4 is 5.32 Å². The summed E-state index contributed by atoms with van der Waals surface area (Å²) in [5.41, 5.74) is 5.29. The summed E-state index contributed by atoms with van der Waals surface area (Å²) >= 11 is 1.70. The standard InChI is InChI=1S/C16H17N3S/c1-12-16(20-11-17-12)13(2)18-14-6-5-7-15(10-14)19-8-3-4-9-19/h3-11,13,18H,1-2H3. The predicted octanol–water partition coefficient (Wildman–Crippen LogP) is 4.42. The average Bonchev–Trinajstić information content (AvgIpc) is 3.09. The van der Waals surface area contributed by atoms with E-state index in [4.69, 9.17) is 0 Å². The average molecular weight is 283 g/mol. The second kappa shape index (κ2) is 5.51. The van der Waals surface area contributed by atoms with Crippen LogP contribution in [0.2, 0.25) is 0 Å². The topological polar surface area (TPSA) is 29.9 Å². The minimum atomic E-state index is 0.266. The first kappa shape index (κ1) is 12.9. The monoisotopic (exact) mass is 283 g/mol. The Bertz CT molecular complexity index is 685. The van der Waals surface area contributed by atoms with Crippen LogP contribution in [0.5, 0.6) is 0 Å². The Kier molecular flexibility index (Phi) is 3.56. The number of aryl methyl sites for hydroxylation is 1. The highest BCUT2D eigenvalue weighted by Crippen LogP contribution is 2.26. The molecule has 0 spiro atoms. The molecule has 1 aromatic carbocycles. The van der Waals surface area contributed by atoms with Crippen LogP contribution in [-0.4, -0.2) is 9.55 Å². The van der Waals surface area contributed by atoms with Gasteiger partial charge >= 0.3 is 0 Å². The van der Waals surface area contributed by atoms with E-state index in [0.717, 1.165) is 17.1 Å². The molecule has 20 heavy (non-hydrogen) atoms. The van der Waals surface area contributed by atoms with E-state index in [1.54, 1.807) is 11.3 Å². The molecule has 0 radical (unpaired) electrons. The molecule has 3 nitrogen and oxygen atoms in total. The third kappa shape index (κ3) is 2.60. The maximum atomic E-state index is 4.31. The Hall–Kier alpha value is -2.07. The van der Waals surface area contributed by atoms with E-state index in [-0.39, 0.29) is 6.04 Å². The fourth-order valence-corrected chi connectivity index (χ4v) is 3.12. The van der Waals surface area contributed by atoms with Gasteiger partial charge in [-0.25, -0.2) is 4.98 Å². The summed E-state index contributed by atoms with van der Waals surface area (Å²) in [7, 11) is 0. The van der Waals surface area contributed by atoms with Crippen LogP contribution in [-0.2, 0) is 0 Å². The molecule has 0 saturated carbocycles. The highest BCUT2D eigenvalue weighted by molar-refractivity contribution is 7.09. The summed E-state index contributed by atoms with van der Waals surface area (Å²) in [5.74, 6) is 0. The summed E-state index contributed by atoms with van der Waals surface area (Å²) in [4.78, 5) is 5.60. The molecule has 2 aromatic heterocycles. The summed E-state index contributed by atoms with van der Waals surface area (Å²) in [6.45, 7) is 4.23. The number of anilines is 1. The zero-order valence-corrected chi connectivity index (χ0v) is 12.4. The van der Waals surface area contributed by atoms with Gasteiger partial charge in [-0.2, -0.15) is 0 Å². The van der Waals surface area contributed by atoms with Crippen LogP contribution in [0.3, 0.4) is 0 Å². The van der Waals surface area contributed by atoms with Gasteiger partial charge in [0.25, 0.3) is 0 Å². The third-order valence-electron chi connectivity index (χ3n) is 3.31. The van der Waals surface area contributed by atoms with E-state index in [9.17, 15) is 0 Å². The highest BCUT2D eigenvalue weighted by Gasteiger charge is 2.10. The van der Waals surface area contributed by atoms with Gasteiger partial charge in [-0.1, -0.05) is 6.07 Å². The van der Waals surface area contributed by atoms with E-state index in [1.165, 1.54) is 4.88 Å². The van der Waals surface area contributed by atoms with Crippen molar-refractivity contribution >= 4 is 17.0 Å². The zero-order chi connectivity index (χ0) is 13.9. The molecule has 3 rings (SSSR count). The molecule has 1 atom stereocenters. The van der Waals surface area contributed by atoms with E-state index in [0.29, 0.717) is 0 Å². The number of hydrogen-bond acceptors (Lipinski definition) is 3. The Morgan fingerprint density at radius 2 is 2.00 bits per heavy atom. The Labute approximate surface area is 122 Å². The van der Waals surface area contributed by atoms with Crippen molar-refractivity contribution in [2.24, 2.45) is 0 Å². The molecule has 4 heteroatoms. The maximum absolute atomic E-state index is 4.31. The Morgan fingerprint density at radius 1 is 1.20 bits per heavy atom. The lowest BCUT2D eigenvalue weighted by Gasteiger charge is -2.15. The van der Waals surface area contributed by atoms with Crippen LogP contribution in [0.1, 0.15) is 23.5 Å². The maximum Gasteiger partial charge on any atom is 0.0798 e. The lowest BCUT2D eigenvalue weighted by Crippen LogP contribution is -2.06. The summed E-state index contributed by atoms with van der Waals surface area (Å²) in [6, 6.07) is 12.8. The van der Waals surface area contributed by atoms with Crippen molar-refractivity contribution in [3.63, 3.8) is 0 Å². The normalized spacial score (nSPS) is 12.3. The molecule has 0 aliphatic rings. The molecule has 0 bridgehead atoms. The molecule has 2 heterocycles. The van der Waals surface area contributed by atoms with Crippen LogP contribution >= 0.6 is 11.3 Å². The van der Waals surface area contributed by atoms with Crippen molar-refractivity contribution in [2.45, 2.75) is 19.9 Å². The van der Waals surface area contributed by atoms with Crippen LogP contribution in [0.25, 0.3) is 5.69 Å². The molecule has 0 aliphatic heterocycles. The van der Waals surface area contributed by atoms with Gasteiger partial charge in [0, 0.05) is 28.6 Å². The van der Waals surface area contributed by atoms with Gasteiger partial charge in [0.15, 0.2) is 0 Å². The second-order valence-corrected chi connectivity index (χ2v) is 5.70. The van der Waals surface area contributed by atoms with E-state index >= 15 is 0 Å². The van der Waals surface area contributed by atoms with Crippen molar-refractivity contribution in [3.05, 3.63) is 64.9 Å². The van der Waals surface area contributed by atoms with E-state index < -0.39 is 0 Å². The summed E-state index contributed by atoms with van der Waals surface area (Å²) in [6.07, 6.45) is 4.10. The minimum Gasteiger partial charge on any atom is -0.378 e. The first-order valence-electron chi connectivity index (χ1n) is 6.64. The minimum absolute atomic E-state index is 0.266. The molecule has 0 saturated heterocycles. The summed E-state index contributed by atoms with van der Waals surface area (Å²) < 4.78 is 2.10. The lowest BCUT2D eigenvalue weighted by atomic mass is 10.2. The molecule has 0 fully saturated rings. The number of rotatable bonds is 4. The molecule has 3 aromatic rings. The number of thiazole rings is 1. The Morgan fingerprint density at radius 3 is 2.70 bits per heavy atom. The SMILES string of the molecule is Cc1ncsc1C(C)Nc1cccc(-n2cccc2)c1. The molecule has 1 N–H and O–H groups in total. The van der Waals surface area contributed by atoms with Gasteiger partial charge < -0.3 is 9.88 Å². The van der Waals surface area contributed by atoms with Crippen molar-refractivity contribution in [3.8, 4) is 5.69 Å². The van der Waals surface area contributed by atoms with Crippen molar-refractivity contribution in [2.75, 3.05) is 5.32 Å². The predicted molar refractivity (Wildman–Crippen MR) is 84.7 cm³/mol. The lowest BCUT2D eigenvalue weighted by molar-refractivity contribution is 0.889. The number of nitrogens with one attached hydrogen (secondary N) is 1.